The maximum atomic E-state index is 11.2. The first-order valence-corrected chi connectivity index (χ1v) is 5.89. The first-order chi connectivity index (χ1) is 8.61. The van der Waals surface area contributed by atoms with E-state index in [-0.39, 0.29) is 13.0 Å². The first kappa shape index (κ1) is 12.6. The molecule has 2 rings (SSSR count). The summed E-state index contributed by atoms with van der Waals surface area (Å²) in [5, 5.41) is 13.0. The molecule has 1 atom stereocenters. The van der Waals surface area contributed by atoms with Crippen molar-refractivity contribution >= 4 is 11.7 Å². The number of benzene rings is 1. The van der Waals surface area contributed by atoms with Crippen LogP contribution in [-0.2, 0) is 16.1 Å². The molecule has 0 fully saturated rings. The lowest BCUT2D eigenvalue weighted by atomic mass is 9.94. The van der Waals surface area contributed by atoms with Gasteiger partial charge < -0.3 is 15.7 Å². The Morgan fingerprint density at radius 1 is 1.50 bits per heavy atom. The Morgan fingerprint density at radius 2 is 2.17 bits per heavy atom. The second-order valence-electron chi connectivity index (χ2n) is 4.36. The first-order valence-electron chi connectivity index (χ1n) is 5.89. The van der Waals surface area contributed by atoms with Gasteiger partial charge in [-0.25, -0.2) is 4.79 Å². The van der Waals surface area contributed by atoms with E-state index in [9.17, 15) is 4.79 Å². The van der Waals surface area contributed by atoms with Gasteiger partial charge in [0.05, 0.1) is 5.71 Å². The fraction of sp³-hybridized carbons (Fsp3) is 0.385. The van der Waals surface area contributed by atoms with Crippen LogP contribution in [0.4, 0.5) is 0 Å². The zero-order valence-corrected chi connectivity index (χ0v) is 10.2. The fourth-order valence-corrected chi connectivity index (χ4v) is 1.88. The van der Waals surface area contributed by atoms with E-state index in [0.29, 0.717) is 5.71 Å². The van der Waals surface area contributed by atoms with Gasteiger partial charge >= 0.3 is 5.97 Å². The van der Waals surface area contributed by atoms with Gasteiger partial charge in [-0.15, -0.1) is 0 Å². The van der Waals surface area contributed by atoms with Gasteiger partial charge in [-0.3, -0.25) is 0 Å². The maximum Gasteiger partial charge on any atom is 0.352 e. The third-order valence-corrected chi connectivity index (χ3v) is 3.20. The van der Waals surface area contributed by atoms with Gasteiger partial charge in [-0.1, -0.05) is 36.3 Å². The molecule has 18 heavy (non-hydrogen) atoms. The predicted octanol–water partition coefficient (Wildman–Crippen LogP) is 1.16. The average Bonchev–Trinajstić information content (AvgIpc) is 2.84. The summed E-state index contributed by atoms with van der Waals surface area (Å²) < 4.78 is 0. The smallest absolute Gasteiger partial charge is 0.352 e. The van der Waals surface area contributed by atoms with Crippen molar-refractivity contribution in [2.24, 2.45) is 10.9 Å². The molecule has 0 amide bonds. The number of carboxylic acids is 1. The van der Waals surface area contributed by atoms with Crippen LogP contribution in [0.15, 0.2) is 29.4 Å². The highest BCUT2D eigenvalue weighted by Gasteiger charge is 2.45. The minimum Gasteiger partial charge on any atom is -0.478 e. The van der Waals surface area contributed by atoms with Crippen LogP contribution >= 0.6 is 0 Å². The zero-order valence-electron chi connectivity index (χ0n) is 10.2. The van der Waals surface area contributed by atoms with Gasteiger partial charge in [0.2, 0.25) is 0 Å². The Balaban J connectivity index is 2.19. The summed E-state index contributed by atoms with van der Waals surface area (Å²) in [4.78, 5) is 16.2. The van der Waals surface area contributed by atoms with Crippen LogP contribution in [-0.4, -0.2) is 28.9 Å². The Labute approximate surface area is 105 Å². The summed E-state index contributed by atoms with van der Waals surface area (Å²) >= 11 is 0. The Hall–Kier alpha value is -1.88. The molecule has 0 saturated heterocycles. The lowest BCUT2D eigenvalue weighted by Gasteiger charge is -2.18. The summed E-state index contributed by atoms with van der Waals surface area (Å²) in [6.45, 7) is 1.98. The standard InChI is InChI=1S/C13H16N2O3/c1-2-9-3-5-10(6-4-9)11-7-13(8-14,12(16)17)18-15-11/h3-6H,2,7-8,14H2,1H3,(H,16,17). The molecule has 5 nitrogen and oxygen atoms in total. The second-order valence-corrected chi connectivity index (χ2v) is 4.36. The van der Waals surface area contributed by atoms with Crippen molar-refractivity contribution in [2.45, 2.75) is 25.4 Å². The molecule has 1 aliphatic rings. The van der Waals surface area contributed by atoms with Crippen LogP contribution in [0.1, 0.15) is 24.5 Å². The topological polar surface area (TPSA) is 84.9 Å². The SMILES string of the molecule is CCc1ccc(C2=NOC(CN)(C(=O)O)C2)cc1. The number of carboxylic acid groups (broad SMARTS) is 1. The van der Waals surface area contributed by atoms with Gasteiger partial charge in [-0.05, 0) is 17.5 Å². The lowest BCUT2D eigenvalue weighted by molar-refractivity contribution is -0.161. The van der Waals surface area contributed by atoms with Crippen molar-refractivity contribution < 1.29 is 14.7 Å². The van der Waals surface area contributed by atoms with E-state index in [2.05, 4.69) is 12.1 Å². The lowest BCUT2D eigenvalue weighted by Crippen LogP contribution is -2.45. The van der Waals surface area contributed by atoms with Crippen LogP contribution in [0.5, 0.6) is 0 Å². The van der Waals surface area contributed by atoms with E-state index in [4.69, 9.17) is 15.7 Å². The third-order valence-electron chi connectivity index (χ3n) is 3.20. The maximum absolute atomic E-state index is 11.2. The minimum atomic E-state index is -1.40. The normalized spacial score (nSPS) is 22.4. The fourth-order valence-electron chi connectivity index (χ4n) is 1.88. The summed E-state index contributed by atoms with van der Waals surface area (Å²) in [6, 6.07) is 7.85. The van der Waals surface area contributed by atoms with E-state index in [1.165, 1.54) is 5.56 Å². The number of rotatable bonds is 4. The molecule has 5 heteroatoms. The highest BCUT2D eigenvalue weighted by atomic mass is 16.7. The van der Waals surface area contributed by atoms with Crippen LogP contribution in [0.3, 0.4) is 0 Å². The second kappa shape index (κ2) is 4.78. The molecule has 96 valence electrons. The highest BCUT2D eigenvalue weighted by Crippen LogP contribution is 2.26. The Morgan fingerprint density at radius 3 is 2.61 bits per heavy atom. The van der Waals surface area contributed by atoms with Gasteiger partial charge in [0.1, 0.15) is 0 Å². The minimum absolute atomic E-state index is 0.0949. The molecule has 0 saturated carbocycles. The molecular weight excluding hydrogens is 232 g/mol. The number of nitrogens with two attached hydrogens (primary N) is 1. The summed E-state index contributed by atoms with van der Waals surface area (Å²) in [5.74, 6) is -1.08. The zero-order chi connectivity index (χ0) is 13.2. The van der Waals surface area contributed by atoms with Gasteiger partial charge in [0.25, 0.3) is 5.60 Å². The Bertz CT molecular complexity index is 482. The van der Waals surface area contributed by atoms with Crippen LogP contribution < -0.4 is 5.73 Å². The van der Waals surface area contributed by atoms with E-state index in [1.54, 1.807) is 0 Å². The molecule has 0 aromatic heterocycles. The largest absolute Gasteiger partial charge is 0.478 e. The molecule has 1 unspecified atom stereocenters. The number of hydrogen-bond donors (Lipinski definition) is 2. The predicted molar refractivity (Wildman–Crippen MR) is 67.5 cm³/mol. The summed E-state index contributed by atoms with van der Waals surface area (Å²) in [6.07, 6.45) is 1.16. The van der Waals surface area contributed by atoms with E-state index in [1.807, 2.05) is 24.3 Å². The molecule has 0 aliphatic carbocycles. The quantitative estimate of drug-likeness (QED) is 0.837. The van der Waals surface area contributed by atoms with E-state index < -0.39 is 11.6 Å². The van der Waals surface area contributed by atoms with Gasteiger partial charge in [0.15, 0.2) is 0 Å². The molecule has 1 heterocycles. The molecule has 0 bridgehead atoms. The van der Waals surface area contributed by atoms with Crippen molar-refractivity contribution in [1.82, 2.24) is 0 Å². The van der Waals surface area contributed by atoms with Crippen molar-refractivity contribution in [1.29, 1.82) is 0 Å². The number of hydrogen-bond acceptors (Lipinski definition) is 4. The monoisotopic (exact) mass is 248 g/mol. The van der Waals surface area contributed by atoms with Gasteiger partial charge in [0, 0.05) is 13.0 Å². The van der Waals surface area contributed by atoms with Crippen LogP contribution in [0.25, 0.3) is 0 Å². The molecule has 0 spiro atoms. The average molecular weight is 248 g/mol. The van der Waals surface area contributed by atoms with Crippen LogP contribution in [0.2, 0.25) is 0 Å². The van der Waals surface area contributed by atoms with Crippen LogP contribution in [0, 0.1) is 0 Å². The highest BCUT2D eigenvalue weighted by molar-refractivity contribution is 6.04. The van der Waals surface area contributed by atoms with Crippen molar-refractivity contribution in [3.8, 4) is 0 Å². The van der Waals surface area contributed by atoms with Crippen molar-refractivity contribution in [3.05, 3.63) is 35.4 Å². The summed E-state index contributed by atoms with van der Waals surface area (Å²) in [5.41, 5.74) is 6.80. The van der Waals surface area contributed by atoms with Crippen molar-refractivity contribution in [2.75, 3.05) is 6.54 Å². The molecule has 0 radical (unpaired) electrons. The Kier molecular flexibility index (Phi) is 3.34. The van der Waals surface area contributed by atoms with Crippen molar-refractivity contribution in [3.63, 3.8) is 0 Å². The number of carbonyl (C=O) groups is 1. The van der Waals surface area contributed by atoms with Gasteiger partial charge in [-0.2, -0.15) is 0 Å². The van der Waals surface area contributed by atoms with E-state index >= 15 is 0 Å². The number of aliphatic carboxylic acids is 1. The molecule has 1 aliphatic heterocycles. The molecular formula is C13H16N2O3. The third kappa shape index (κ3) is 2.09. The molecule has 1 aromatic carbocycles. The molecule has 3 N–H and O–H groups in total. The number of nitrogens with zero attached hydrogens (tertiary/aromatic N) is 1. The number of oxime groups is 1. The van der Waals surface area contributed by atoms with E-state index in [0.717, 1.165) is 12.0 Å². The number of aryl methyl sites for hydroxylation is 1. The summed E-state index contributed by atoms with van der Waals surface area (Å²) in [7, 11) is 0. The molecule has 1 aromatic rings.